The molecule has 1 aliphatic heterocycles. The van der Waals surface area contributed by atoms with Crippen LogP contribution in [0, 0.1) is 0 Å². The quantitative estimate of drug-likeness (QED) is 0.809. The normalized spacial score (nSPS) is 13.3. The minimum Gasteiger partial charge on any atom is -0.497 e. The Morgan fingerprint density at radius 3 is 1.96 bits per heavy atom. The maximum atomic E-state index is 12.8. The predicted octanol–water partition coefficient (Wildman–Crippen LogP) is 2.32. The first-order valence-electron chi connectivity index (χ1n) is 7.74. The number of imide groups is 1. The van der Waals surface area contributed by atoms with Gasteiger partial charge in [0.05, 0.1) is 25.3 Å². The van der Waals surface area contributed by atoms with Gasteiger partial charge in [0.1, 0.15) is 11.5 Å². The van der Waals surface area contributed by atoms with Crippen LogP contribution in [0.3, 0.4) is 0 Å². The molecule has 2 aromatic rings. The second-order valence-electron chi connectivity index (χ2n) is 5.71. The largest absolute Gasteiger partial charge is 0.497 e. The fourth-order valence-corrected chi connectivity index (χ4v) is 3.01. The third kappa shape index (κ3) is 2.88. The molecular weight excluding hydrogens is 326 g/mol. The second kappa shape index (κ2) is 6.43. The standard InChI is InChI=1S/C18H17NO6/c1-24-11-6-10-7-12(25-2)9-14-16(10)13(8-11)17(22)19(18(14)23)5-3-4-15(20)21/h6-9H,3-5H2,1-2H3,(H,20,21). The van der Waals surface area contributed by atoms with Crippen LogP contribution in [0.5, 0.6) is 11.5 Å². The average Bonchev–Trinajstić information content (AvgIpc) is 2.60. The summed E-state index contributed by atoms with van der Waals surface area (Å²) in [4.78, 5) is 37.3. The topological polar surface area (TPSA) is 93.1 Å². The van der Waals surface area contributed by atoms with E-state index in [0.717, 1.165) is 4.90 Å². The lowest BCUT2D eigenvalue weighted by Crippen LogP contribution is -2.41. The summed E-state index contributed by atoms with van der Waals surface area (Å²) in [6, 6.07) is 6.67. The number of benzene rings is 2. The van der Waals surface area contributed by atoms with Crippen LogP contribution < -0.4 is 9.47 Å². The minimum atomic E-state index is -0.970. The Bertz CT molecular complexity index is 830. The Morgan fingerprint density at radius 1 is 1.00 bits per heavy atom. The summed E-state index contributed by atoms with van der Waals surface area (Å²) in [6.07, 6.45) is 0.0782. The Kier molecular flexibility index (Phi) is 4.31. The monoisotopic (exact) mass is 343 g/mol. The minimum absolute atomic E-state index is 0.0410. The summed E-state index contributed by atoms with van der Waals surface area (Å²) in [5.41, 5.74) is 0.726. The summed E-state index contributed by atoms with van der Waals surface area (Å²) in [5.74, 6) is -0.874. The van der Waals surface area contributed by atoms with Crippen LogP contribution in [-0.4, -0.2) is 48.6 Å². The van der Waals surface area contributed by atoms with Crippen LogP contribution in [-0.2, 0) is 4.79 Å². The molecule has 2 amide bonds. The molecule has 0 unspecified atom stereocenters. The number of ether oxygens (including phenoxy) is 2. The molecule has 0 bridgehead atoms. The third-order valence-electron chi connectivity index (χ3n) is 4.19. The van der Waals surface area contributed by atoms with Crippen molar-refractivity contribution in [2.75, 3.05) is 20.8 Å². The number of carboxylic acids is 1. The SMILES string of the molecule is COc1cc2c3c(cc(OC)cc3c1)C(=O)N(CCCC(=O)O)C2=O. The molecule has 130 valence electrons. The number of carbonyl (C=O) groups is 3. The van der Waals surface area contributed by atoms with E-state index in [1.54, 1.807) is 24.3 Å². The third-order valence-corrected chi connectivity index (χ3v) is 4.19. The molecule has 7 nitrogen and oxygen atoms in total. The van der Waals surface area contributed by atoms with Crippen LogP contribution in [0.25, 0.3) is 10.8 Å². The maximum absolute atomic E-state index is 12.8. The van der Waals surface area contributed by atoms with Gasteiger partial charge in [-0.25, -0.2) is 0 Å². The van der Waals surface area contributed by atoms with Gasteiger partial charge in [-0.2, -0.15) is 0 Å². The molecule has 0 spiro atoms. The van der Waals surface area contributed by atoms with E-state index in [0.29, 0.717) is 33.4 Å². The lowest BCUT2D eigenvalue weighted by Gasteiger charge is -2.27. The first kappa shape index (κ1) is 16.8. The number of nitrogens with zero attached hydrogens (tertiary/aromatic N) is 1. The Balaban J connectivity index is 2.13. The summed E-state index contributed by atoms with van der Waals surface area (Å²) in [5, 5.41) is 10.0. The molecule has 1 aliphatic rings. The molecule has 7 heteroatoms. The van der Waals surface area contributed by atoms with Crippen LogP contribution in [0.1, 0.15) is 33.6 Å². The number of carbonyl (C=O) groups excluding carboxylic acids is 2. The lowest BCUT2D eigenvalue weighted by molar-refractivity contribution is -0.137. The summed E-state index contributed by atoms with van der Waals surface area (Å²) >= 11 is 0. The highest BCUT2D eigenvalue weighted by Gasteiger charge is 2.33. The number of carboxylic acid groups (broad SMARTS) is 1. The summed E-state index contributed by atoms with van der Waals surface area (Å²) in [7, 11) is 3.00. The van der Waals surface area contributed by atoms with Crippen molar-refractivity contribution in [1.82, 2.24) is 4.90 Å². The van der Waals surface area contributed by atoms with Crippen molar-refractivity contribution < 1.29 is 29.0 Å². The van der Waals surface area contributed by atoms with Crippen LogP contribution in [0.2, 0.25) is 0 Å². The van der Waals surface area contributed by atoms with Gasteiger partial charge < -0.3 is 14.6 Å². The van der Waals surface area contributed by atoms with Gasteiger partial charge in [-0.3, -0.25) is 19.3 Å². The molecule has 3 rings (SSSR count). The van der Waals surface area contributed by atoms with Gasteiger partial charge in [0, 0.05) is 18.4 Å². The Morgan fingerprint density at radius 2 is 1.52 bits per heavy atom. The number of hydrogen-bond donors (Lipinski definition) is 1. The smallest absolute Gasteiger partial charge is 0.303 e. The van der Waals surface area contributed by atoms with Gasteiger partial charge >= 0.3 is 5.97 Å². The average molecular weight is 343 g/mol. The number of aliphatic carboxylic acids is 1. The highest BCUT2D eigenvalue weighted by molar-refractivity contribution is 6.26. The highest BCUT2D eigenvalue weighted by Crippen LogP contribution is 2.36. The van der Waals surface area contributed by atoms with E-state index in [1.165, 1.54) is 14.2 Å². The molecule has 0 saturated carbocycles. The van der Waals surface area contributed by atoms with Gasteiger partial charge in [-0.05, 0) is 36.1 Å². The van der Waals surface area contributed by atoms with Crippen LogP contribution in [0.15, 0.2) is 24.3 Å². The summed E-state index contributed by atoms with van der Waals surface area (Å²) < 4.78 is 10.5. The first-order valence-corrected chi connectivity index (χ1v) is 7.74. The van der Waals surface area contributed by atoms with E-state index in [-0.39, 0.29) is 19.4 Å². The van der Waals surface area contributed by atoms with Gasteiger partial charge in [-0.15, -0.1) is 0 Å². The molecule has 2 aromatic carbocycles. The van der Waals surface area contributed by atoms with Crippen molar-refractivity contribution in [1.29, 1.82) is 0 Å². The number of rotatable bonds is 6. The molecule has 1 N–H and O–H groups in total. The first-order chi connectivity index (χ1) is 12.0. The lowest BCUT2D eigenvalue weighted by atomic mass is 9.93. The summed E-state index contributed by atoms with van der Waals surface area (Å²) in [6.45, 7) is 0.0410. The molecule has 0 radical (unpaired) electrons. The van der Waals surface area contributed by atoms with Crippen LogP contribution >= 0.6 is 0 Å². The fourth-order valence-electron chi connectivity index (χ4n) is 3.01. The van der Waals surface area contributed by atoms with E-state index in [2.05, 4.69) is 0 Å². The molecule has 0 saturated heterocycles. The van der Waals surface area contributed by atoms with Crippen molar-refractivity contribution >= 4 is 28.6 Å². The zero-order valence-corrected chi connectivity index (χ0v) is 13.9. The predicted molar refractivity (Wildman–Crippen MR) is 89.3 cm³/mol. The van der Waals surface area contributed by atoms with Gasteiger partial charge in [0.25, 0.3) is 11.8 Å². The van der Waals surface area contributed by atoms with Gasteiger partial charge in [0.15, 0.2) is 0 Å². The van der Waals surface area contributed by atoms with Crippen molar-refractivity contribution in [3.05, 3.63) is 35.4 Å². The molecule has 0 fully saturated rings. The molecule has 1 heterocycles. The number of methoxy groups -OCH3 is 2. The van der Waals surface area contributed by atoms with Crippen molar-refractivity contribution in [3.63, 3.8) is 0 Å². The van der Waals surface area contributed by atoms with Gasteiger partial charge in [0.2, 0.25) is 0 Å². The van der Waals surface area contributed by atoms with Gasteiger partial charge in [-0.1, -0.05) is 0 Å². The van der Waals surface area contributed by atoms with E-state index >= 15 is 0 Å². The fraction of sp³-hybridized carbons (Fsp3) is 0.278. The molecule has 0 atom stereocenters. The second-order valence-corrected chi connectivity index (χ2v) is 5.71. The van der Waals surface area contributed by atoms with E-state index in [4.69, 9.17) is 14.6 Å². The van der Waals surface area contributed by atoms with E-state index in [1.807, 2.05) is 0 Å². The Hall–Kier alpha value is -3.09. The molecule has 0 aromatic heterocycles. The van der Waals surface area contributed by atoms with E-state index < -0.39 is 17.8 Å². The molecule has 0 aliphatic carbocycles. The van der Waals surface area contributed by atoms with E-state index in [9.17, 15) is 14.4 Å². The number of amides is 2. The molecular formula is C18H17NO6. The Labute approximate surface area is 143 Å². The zero-order chi connectivity index (χ0) is 18.1. The highest BCUT2D eigenvalue weighted by atomic mass is 16.5. The maximum Gasteiger partial charge on any atom is 0.303 e. The molecule has 25 heavy (non-hydrogen) atoms. The number of hydrogen-bond acceptors (Lipinski definition) is 5. The van der Waals surface area contributed by atoms with Crippen molar-refractivity contribution in [3.8, 4) is 11.5 Å². The van der Waals surface area contributed by atoms with Crippen LogP contribution in [0.4, 0.5) is 0 Å². The van der Waals surface area contributed by atoms with Crippen molar-refractivity contribution in [2.45, 2.75) is 12.8 Å². The zero-order valence-electron chi connectivity index (χ0n) is 13.9. The van der Waals surface area contributed by atoms with Crippen molar-refractivity contribution in [2.24, 2.45) is 0 Å².